The van der Waals surface area contributed by atoms with Crippen molar-refractivity contribution in [2.45, 2.75) is 60.0 Å². The van der Waals surface area contributed by atoms with E-state index in [-0.39, 0.29) is 5.41 Å². The summed E-state index contributed by atoms with van der Waals surface area (Å²) < 4.78 is 20.9. The van der Waals surface area contributed by atoms with Crippen LogP contribution in [0.5, 0.6) is 0 Å². The molecule has 16 heavy (non-hydrogen) atoms. The third-order valence-electron chi connectivity index (χ3n) is 1.62. The predicted molar refractivity (Wildman–Crippen MR) is 64.2 cm³/mol. The molecule has 1 unspecified atom stereocenters. The molecule has 0 aliphatic rings. The summed E-state index contributed by atoms with van der Waals surface area (Å²) >= 11 is 0. The highest BCUT2D eigenvalue weighted by Gasteiger charge is 2.31. The molecule has 1 atom stereocenters. The molecule has 0 bridgehead atoms. The van der Waals surface area contributed by atoms with Gasteiger partial charge in [-0.3, -0.25) is 0 Å². The predicted octanol–water partition coefficient (Wildman–Crippen LogP) is 4.23. The molecular formula is C11H24O4P+. The standard InChI is InChI=1S/C11H24O4P/c1-10(2,3)8-7-9-13-15-16(12)14-11(4,5)6/h7-9H2,1-6H3/q+1. The number of hydrogen-bond acceptors (Lipinski definition) is 4. The van der Waals surface area contributed by atoms with Crippen LogP contribution < -0.4 is 0 Å². The van der Waals surface area contributed by atoms with E-state index in [0.717, 1.165) is 12.8 Å². The smallest absolute Gasteiger partial charge is 0.187 e. The van der Waals surface area contributed by atoms with E-state index in [1.807, 2.05) is 20.8 Å². The molecule has 0 saturated heterocycles. The fourth-order valence-corrected chi connectivity index (χ4v) is 1.62. The van der Waals surface area contributed by atoms with Gasteiger partial charge in [0.05, 0.1) is 11.3 Å². The van der Waals surface area contributed by atoms with Crippen LogP contribution in [0.1, 0.15) is 54.4 Å². The van der Waals surface area contributed by atoms with Gasteiger partial charge >= 0.3 is 8.25 Å². The maximum atomic E-state index is 11.2. The molecule has 0 saturated carbocycles. The Morgan fingerprint density at radius 3 is 2.06 bits per heavy atom. The van der Waals surface area contributed by atoms with Crippen LogP contribution >= 0.6 is 8.25 Å². The minimum Gasteiger partial charge on any atom is -0.187 e. The third kappa shape index (κ3) is 12.1. The minimum absolute atomic E-state index is 0.285. The van der Waals surface area contributed by atoms with Crippen LogP contribution in [0, 0.1) is 5.41 Å². The average molecular weight is 251 g/mol. The Morgan fingerprint density at radius 1 is 1.06 bits per heavy atom. The molecule has 96 valence electrons. The summed E-state index contributed by atoms with van der Waals surface area (Å²) in [5.74, 6) is 0. The van der Waals surface area contributed by atoms with Crippen molar-refractivity contribution in [3.8, 4) is 0 Å². The molecule has 0 amide bonds. The van der Waals surface area contributed by atoms with Crippen molar-refractivity contribution in [3.05, 3.63) is 0 Å². The second-order valence-corrected chi connectivity index (χ2v) is 6.77. The van der Waals surface area contributed by atoms with Crippen molar-refractivity contribution in [1.82, 2.24) is 0 Å². The summed E-state index contributed by atoms with van der Waals surface area (Å²) in [6.07, 6.45) is 1.91. The van der Waals surface area contributed by atoms with Crippen molar-refractivity contribution in [3.63, 3.8) is 0 Å². The van der Waals surface area contributed by atoms with Gasteiger partial charge in [-0.25, -0.2) is 0 Å². The third-order valence-corrected chi connectivity index (χ3v) is 2.54. The second kappa shape index (κ2) is 6.65. The maximum Gasteiger partial charge on any atom is 0.729 e. The van der Waals surface area contributed by atoms with E-state index in [2.05, 4.69) is 25.4 Å². The zero-order valence-electron chi connectivity index (χ0n) is 11.2. The SMILES string of the molecule is CC(C)(C)CCCOO[P+](=O)OC(C)(C)C. The Bertz CT molecular complexity index is 215. The summed E-state index contributed by atoms with van der Waals surface area (Å²) in [6, 6.07) is 0. The molecule has 0 aromatic carbocycles. The van der Waals surface area contributed by atoms with Crippen molar-refractivity contribution in [1.29, 1.82) is 0 Å². The van der Waals surface area contributed by atoms with Crippen molar-refractivity contribution in [2.75, 3.05) is 6.61 Å². The molecule has 0 aliphatic heterocycles. The van der Waals surface area contributed by atoms with Gasteiger partial charge < -0.3 is 0 Å². The molecule has 5 heteroatoms. The summed E-state index contributed by atoms with van der Waals surface area (Å²) in [5.41, 5.74) is -0.199. The van der Waals surface area contributed by atoms with E-state index < -0.39 is 13.9 Å². The van der Waals surface area contributed by atoms with E-state index in [1.165, 1.54) is 0 Å². The zero-order valence-corrected chi connectivity index (χ0v) is 12.1. The van der Waals surface area contributed by atoms with Crippen LogP contribution in [0.4, 0.5) is 0 Å². The Morgan fingerprint density at radius 2 is 1.62 bits per heavy atom. The normalized spacial score (nSPS) is 14.0. The number of rotatable bonds is 6. The van der Waals surface area contributed by atoms with E-state index >= 15 is 0 Å². The summed E-state index contributed by atoms with van der Waals surface area (Å²) in [4.78, 5) is 4.83. The Labute approximate surface area is 99.5 Å². The highest BCUT2D eigenvalue weighted by atomic mass is 31.1. The van der Waals surface area contributed by atoms with E-state index in [9.17, 15) is 4.57 Å². The first-order valence-corrected chi connectivity index (χ1v) is 6.66. The first-order valence-electron chi connectivity index (χ1n) is 5.56. The summed E-state index contributed by atoms with van der Waals surface area (Å²) in [6.45, 7) is 12.4. The van der Waals surface area contributed by atoms with Crippen LogP contribution in [0.25, 0.3) is 0 Å². The molecule has 0 spiro atoms. The molecule has 0 rings (SSSR count). The van der Waals surface area contributed by atoms with Crippen LogP contribution in [-0.4, -0.2) is 12.2 Å². The van der Waals surface area contributed by atoms with E-state index in [1.54, 1.807) is 0 Å². The van der Waals surface area contributed by atoms with Gasteiger partial charge in [0.15, 0.2) is 0 Å². The van der Waals surface area contributed by atoms with E-state index in [4.69, 9.17) is 9.41 Å². The first kappa shape index (κ1) is 16.0. The van der Waals surface area contributed by atoms with Crippen LogP contribution in [-0.2, 0) is 18.7 Å². The second-order valence-electron chi connectivity index (χ2n) is 5.99. The van der Waals surface area contributed by atoms with Crippen LogP contribution in [0.3, 0.4) is 0 Å². The lowest BCUT2D eigenvalue weighted by Crippen LogP contribution is -2.15. The molecule has 0 aromatic heterocycles. The van der Waals surface area contributed by atoms with Gasteiger partial charge in [0.25, 0.3) is 0 Å². The highest BCUT2D eigenvalue weighted by Crippen LogP contribution is 2.31. The Kier molecular flexibility index (Phi) is 6.64. The van der Waals surface area contributed by atoms with Crippen molar-refractivity contribution >= 4 is 8.25 Å². The van der Waals surface area contributed by atoms with Gasteiger partial charge in [-0.2, -0.15) is 4.89 Å². The Balaban J connectivity index is 3.50. The average Bonchev–Trinajstić information content (AvgIpc) is 1.97. The van der Waals surface area contributed by atoms with Crippen LogP contribution in [0.15, 0.2) is 0 Å². The lowest BCUT2D eigenvalue weighted by atomic mass is 9.91. The van der Waals surface area contributed by atoms with Crippen molar-refractivity contribution < 1.29 is 18.7 Å². The highest BCUT2D eigenvalue weighted by molar-refractivity contribution is 7.33. The van der Waals surface area contributed by atoms with E-state index in [0.29, 0.717) is 6.61 Å². The van der Waals surface area contributed by atoms with Gasteiger partial charge in [0.2, 0.25) is 0 Å². The maximum absolute atomic E-state index is 11.2. The molecule has 0 heterocycles. The summed E-state index contributed by atoms with van der Waals surface area (Å²) in [5, 5.41) is 0. The molecular weight excluding hydrogens is 227 g/mol. The monoisotopic (exact) mass is 251 g/mol. The Hall–Kier alpha value is -0.0200. The van der Waals surface area contributed by atoms with Gasteiger partial charge in [0, 0.05) is 4.57 Å². The lowest BCUT2D eigenvalue weighted by molar-refractivity contribution is -0.213. The number of hydrogen-bond donors (Lipinski definition) is 0. The zero-order chi connectivity index (χ0) is 12.8. The minimum atomic E-state index is -2.19. The summed E-state index contributed by atoms with van der Waals surface area (Å²) in [7, 11) is -2.19. The van der Waals surface area contributed by atoms with Gasteiger partial charge in [-0.05, 0) is 39.0 Å². The van der Waals surface area contributed by atoms with Crippen LogP contribution in [0.2, 0.25) is 0 Å². The fraction of sp³-hybridized carbons (Fsp3) is 1.00. The topological polar surface area (TPSA) is 44.8 Å². The lowest BCUT2D eigenvalue weighted by Gasteiger charge is -2.16. The quantitative estimate of drug-likeness (QED) is 0.306. The van der Waals surface area contributed by atoms with Crippen molar-refractivity contribution in [2.24, 2.45) is 5.41 Å². The molecule has 0 aromatic rings. The largest absolute Gasteiger partial charge is 0.729 e. The molecule has 4 nitrogen and oxygen atoms in total. The fourth-order valence-electron chi connectivity index (χ4n) is 0.981. The van der Waals surface area contributed by atoms with Gasteiger partial charge in [-0.1, -0.05) is 20.8 Å². The van der Waals surface area contributed by atoms with Gasteiger partial charge in [0.1, 0.15) is 5.60 Å². The first-order chi connectivity index (χ1) is 7.10. The molecule has 0 N–H and O–H groups in total. The van der Waals surface area contributed by atoms with Gasteiger partial charge in [-0.15, -0.1) is 4.52 Å². The molecule has 0 fully saturated rings. The molecule has 0 radical (unpaired) electrons. The molecule has 0 aliphatic carbocycles.